The number of benzene rings is 2. The summed E-state index contributed by atoms with van der Waals surface area (Å²) in [5.41, 5.74) is 0.984. The summed E-state index contributed by atoms with van der Waals surface area (Å²) in [5.74, 6) is -1.38. The van der Waals surface area contributed by atoms with Crippen molar-refractivity contribution in [3.63, 3.8) is 0 Å². The molecule has 0 radical (unpaired) electrons. The molecule has 3 aromatic rings. The van der Waals surface area contributed by atoms with Crippen molar-refractivity contribution in [2.24, 2.45) is 0 Å². The van der Waals surface area contributed by atoms with Gasteiger partial charge in [-0.3, -0.25) is 9.59 Å². The Morgan fingerprint density at radius 3 is 2.37 bits per heavy atom. The van der Waals surface area contributed by atoms with Gasteiger partial charge in [-0.1, -0.05) is 18.2 Å². The molecule has 0 atom stereocenters. The van der Waals surface area contributed by atoms with E-state index in [1.54, 1.807) is 7.11 Å². The van der Waals surface area contributed by atoms with Crippen LogP contribution in [0.25, 0.3) is 0 Å². The van der Waals surface area contributed by atoms with Gasteiger partial charge in [0.25, 0.3) is 21.8 Å². The van der Waals surface area contributed by atoms with Crippen LogP contribution in [0.1, 0.15) is 36.8 Å². The van der Waals surface area contributed by atoms with Gasteiger partial charge in [0.2, 0.25) is 0 Å². The van der Waals surface area contributed by atoms with Crippen molar-refractivity contribution < 1.29 is 32.3 Å². The molecule has 2 amide bonds. The van der Waals surface area contributed by atoms with Crippen LogP contribution in [-0.4, -0.2) is 51.9 Å². The normalized spacial score (nSPS) is 10.8. The summed E-state index contributed by atoms with van der Waals surface area (Å²) in [6.07, 6.45) is 1.61. The monoisotopic (exact) mass is 497 g/mol. The molecule has 1 heterocycles. The Hall–Kier alpha value is -4.25. The summed E-state index contributed by atoms with van der Waals surface area (Å²) >= 11 is 0. The number of ether oxygens (including phenoxy) is 2. The lowest BCUT2D eigenvalue weighted by Crippen LogP contribution is -2.31. The first-order chi connectivity index (χ1) is 16.7. The predicted octanol–water partition coefficient (Wildman–Crippen LogP) is 1.97. The fourth-order valence-electron chi connectivity index (χ4n) is 3.05. The minimum absolute atomic E-state index is 0.0305. The molecule has 2 N–H and O–H groups in total. The number of amides is 2. The van der Waals surface area contributed by atoms with Gasteiger partial charge >= 0.3 is 5.97 Å². The number of pyridine rings is 1. The molecule has 2 aromatic carbocycles. The molecule has 1 aromatic heterocycles. The predicted molar refractivity (Wildman–Crippen MR) is 126 cm³/mol. The van der Waals surface area contributed by atoms with Gasteiger partial charge in [0, 0.05) is 18.3 Å². The standard InChI is InChI=1S/C24H23N3O7S/c1-33-19-7-3-5-16(13-19)11-12-25-22(28)17-6-4-8-20(14-17)35(31,32)27-23(29)18-9-10-21(26-15-18)24(30)34-2/h3-10,13-15H,11-12H2,1-2H3,(H,25,28)(H,27,29). The summed E-state index contributed by atoms with van der Waals surface area (Å²) in [6, 6.07) is 15.2. The Kier molecular flexibility index (Phi) is 8.16. The molecule has 0 fully saturated rings. The zero-order valence-corrected chi connectivity index (χ0v) is 19.8. The van der Waals surface area contributed by atoms with E-state index in [-0.39, 0.29) is 21.7 Å². The van der Waals surface area contributed by atoms with Crippen LogP contribution in [0.4, 0.5) is 0 Å². The topological polar surface area (TPSA) is 141 Å². The maximum atomic E-state index is 12.7. The average Bonchev–Trinajstić information content (AvgIpc) is 2.88. The SMILES string of the molecule is COC(=O)c1ccc(C(=O)NS(=O)(=O)c2cccc(C(=O)NCCc3cccc(OC)c3)c2)cn1. The van der Waals surface area contributed by atoms with Crippen LogP contribution in [0.2, 0.25) is 0 Å². The summed E-state index contributed by atoms with van der Waals surface area (Å²) < 4.78 is 37.0. The lowest BCUT2D eigenvalue weighted by Gasteiger charge is -2.10. The highest BCUT2D eigenvalue weighted by atomic mass is 32.2. The number of methoxy groups -OCH3 is 2. The Morgan fingerprint density at radius 2 is 1.69 bits per heavy atom. The largest absolute Gasteiger partial charge is 0.497 e. The first-order valence-electron chi connectivity index (χ1n) is 10.4. The number of esters is 1. The third-order valence-electron chi connectivity index (χ3n) is 4.89. The van der Waals surface area contributed by atoms with E-state index in [9.17, 15) is 22.8 Å². The number of hydrogen-bond donors (Lipinski definition) is 2. The number of nitrogens with one attached hydrogen (secondary N) is 2. The second-order valence-electron chi connectivity index (χ2n) is 7.24. The Labute approximate surface area is 202 Å². The Morgan fingerprint density at radius 1 is 0.914 bits per heavy atom. The maximum Gasteiger partial charge on any atom is 0.356 e. The Bertz CT molecular complexity index is 1340. The van der Waals surface area contributed by atoms with Crippen molar-refractivity contribution in [2.45, 2.75) is 11.3 Å². The van der Waals surface area contributed by atoms with E-state index in [2.05, 4.69) is 15.0 Å². The van der Waals surface area contributed by atoms with Crippen molar-refractivity contribution in [3.05, 3.63) is 89.2 Å². The van der Waals surface area contributed by atoms with Crippen molar-refractivity contribution in [2.75, 3.05) is 20.8 Å². The van der Waals surface area contributed by atoms with Crippen LogP contribution < -0.4 is 14.8 Å². The molecular formula is C24H23N3O7S. The van der Waals surface area contributed by atoms with Crippen molar-refractivity contribution in [1.29, 1.82) is 0 Å². The maximum absolute atomic E-state index is 12.7. The highest BCUT2D eigenvalue weighted by molar-refractivity contribution is 7.90. The fourth-order valence-corrected chi connectivity index (χ4v) is 4.07. The van der Waals surface area contributed by atoms with Gasteiger partial charge in [-0.2, -0.15) is 0 Å². The summed E-state index contributed by atoms with van der Waals surface area (Å²) in [6.45, 7) is 0.328. The number of sulfonamides is 1. The van der Waals surface area contributed by atoms with E-state index < -0.39 is 27.8 Å². The molecule has 10 nitrogen and oxygen atoms in total. The minimum Gasteiger partial charge on any atom is -0.497 e. The molecule has 0 bridgehead atoms. The van der Waals surface area contributed by atoms with Gasteiger partial charge in [-0.15, -0.1) is 0 Å². The third kappa shape index (κ3) is 6.64. The number of carbonyl (C=O) groups excluding carboxylic acids is 3. The third-order valence-corrected chi connectivity index (χ3v) is 6.22. The molecule has 0 unspecified atom stereocenters. The van der Waals surface area contributed by atoms with Gasteiger partial charge in [-0.05, 0) is 54.4 Å². The molecule has 35 heavy (non-hydrogen) atoms. The lowest BCUT2D eigenvalue weighted by molar-refractivity contribution is 0.0593. The van der Waals surface area contributed by atoms with Crippen LogP contribution in [-0.2, 0) is 21.2 Å². The van der Waals surface area contributed by atoms with Crippen LogP contribution in [0.5, 0.6) is 5.75 Å². The van der Waals surface area contributed by atoms with Crippen LogP contribution >= 0.6 is 0 Å². The van der Waals surface area contributed by atoms with E-state index >= 15 is 0 Å². The van der Waals surface area contributed by atoms with Gasteiger partial charge < -0.3 is 14.8 Å². The van der Waals surface area contributed by atoms with Crippen molar-refractivity contribution >= 4 is 27.8 Å². The first-order valence-corrected chi connectivity index (χ1v) is 11.8. The number of carbonyl (C=O) groups is 3. The number of nitrogens with zero attached hydrogens (tertiary/aromatic N) is 1. The molecule has 0 aliphatic carbocycles. The quantitative estimate of drug-likeness (QED) is 0.428. The molecule has 11 heteroatoms. The second kappa shape index (κ2) is 11.3. The molecule has 3 rings (SSSR count). The van der Waals surface area contributed by atoms with E-state index in [0.29, 0.717) is 18.7 Å². The molecule has 0 spiro atoms. The van der Waals surface area contributed by atoms with Crippen molar-refractivity contribution in [1.82, 2.24) is 15.0 Å². The van der Waals surface area contributed by atoms with Gasteiger partial charge in [0.05, 0.1) is 24.7 Å². The zero-order chi connectivity index (χ0) is 25.4. The molecule has 0 saturated carbocycles. The first kappa shape index (κ1) is 25.4. The fraction of sp³-hybridized carbons (Fsp3) is 0.167. The second-order valence-corrected chi connectivity index (χ2v) is 8.93. The van der Waals surface area contributed by atoms with Crippen LogP contribution in [0.3, 0.4) is 0 Å². The van der Waals surface area contributed by atoms with Crippen LogP contribution in [0, 0.1) is 0 Å². The molecule has 182 valence electrons. The number of aromatic nitrogens is 1. The van der Waals surface area contributed by atoms with Crippen LogP contribution in [0.15, 0.2) is 71.8 Å². The van der Waals surface area contributed by atoms with E-state index in [1.807, 2.05) is 29.0 Å². The summed E-state index contributed by atoms with van der Waals surface area (Å²) in [7, 11) is -1.52. The van der Waals surface area contributed by atoms with Gasteiger partial charge in [0.1, 0.15) is 11.4 Å². The molecule has 0 aliphatic heterocycles. The van der Waals surface area contributed by atoms with Gasteiger partial charge in [-0.25, -0.2) is 22.9 Å². The minimum atomic E-state index is -4.28. The number of rotatable bonds is 9. The van der Waals surface area contributed by atoms with E-state index in [4.69, 9.17) is 4.74 Å². The Balaban J connectivity index is 1.64. The van der Waals surface area contributed by atoms with E-state index in [0.717, 1.165) is 11.8 Å². The summed E-state index contributed by atoms with van der Waals surface area (Å²) in [4.78, 5) is 39.9. The lowest BCUT2D eigenvalue weighted by atomic mass is 10.1. The number of hydrogen-bond acceptors (Lipinski definition) is 8. The zero-order valence-electron chi connectivity index (χ0n) is 19.0. The molecule has 0 saturated heterocycles. The molecular weight excluding hydrogens is 474 g/mol. The van der Waals surface area contributed by atoms with E-state index in [1.165, 1.54) is 43.5 Å². The molecule has 0 aliphatic rings. The summed E-state index contributed by atoms with van der Waals surface area (Å²) in [5, 5.41) is 2.74. The smallest absolute Gasteiger partial charge is 0.356 e. The average molecular weight is 498 g/mol. The van der Waals surface area contributed by atoms with Crippen molar-refractivity contribution in [3.8, 4) is 5.75 Å². The highest BCUT2D eigenvalue weighted by Gasteiger charge is 2.21. The van der Waals surface area contributed by atoms with Gasteiger partial charge in [0.15, 0.2) is 0 Å². The highest BCUT2D eigenvalue weighted by Crippen LogP contribution is 2.14.